The van der Waals surface area contributed by atoms with Crippen molar-refractivity contribution in [3.63, 3.8) is 0 Å². The van der Waals surface area contributed by atoms with Crippen LogP contribution in [0.5, 0.6) is 0 Å². The van der Waals surface area contributed by atoms with Gasteiger partial charge in [0.15, 0.2) is 0 Å². The van der Waals surface area contributed by atoms with Gasteiger partial charge in [-0.3, -0.25) is 4.31 Å². The third kappa shape index (κ3) is 3.41. The average Bonchev–Trinajstić information content (AvgIpc) is 2.87. The molecule has 5 nitrogen and oxygen atoms in total. The van der Waals surface area contributed by atoms with E-state index in [0.717, 1.165) is 10.9 Å². The largest absolute Gasteiger partial charge is 0.389 e. The van der Waals surface area contributed by atoms with Gasteiger partial charge in [-0.15, -0.1) is 0 Å². The molecule has 1 N–H and O–H groups in total. The summed E-state index contributed by atoms with van der Waals surface area (Å²) in [4.78, 5) is 0.282. The molecule has 140 valence electrons. The number of anilines is 1. The highest BCUT2D eigenvalue weighted by molar-refractivity contribution is 7.93. The minimum atomic E-state index is -3.67. The van der Waals surface area contributed by atoms with Gasteiger partial charge in [-0.05, 0) is 35.2 Å². The van der Waals surface area contributed by atoms with E-state index in [-0.39, 0.29) is 18.0 Å². The molecular weight excluding hydrogens is 386 g/mol. The monoisotopic (exact) mass is 403 g/mol. The third-order valence-corrected chi connectivity index (χ3v) is 6.62. The number of hydrogen-bond donors (Lipinski definition) is 1. The van der Waals surface area contributed by atoms with E-state index in [4.69, 9.17) is 16.3 Å². The molecule has 0 saturated carbocycles. The maximum Gasteiger partial charge on any atom is 0.265 e. The highest BCUT2D eigenvalue weighted by Crippen LogP contribution is 2.41. The van der Waals surface area contributed by atoms with E-state index in [1.165, 1.54) is 4.31 Å². The Balaban J connectivity index is 1.46. The van der Waals surface area contributed by atoms with Gasteiger partial charge in [0.05, 0.1) is 36.4 Å². The molecular formula is C20H18ClNO4S. The van der Waals surface area contributed by atoms with Crippen molar-refractivity contribution in [2.75, 3.05) is 17.5 Å². The summed E-state index contributed by atoms with van der Waals surface area (Å²) in [6, 6.07) is 17.9. The zero-order valence-electron chi connectivity index (χ0n) is 14.4. The molecule has 0 amide bonds. The summed E-state index contributed by atoms with van der Waals surface area (Å²) in [6.45, 7) is 0.286. The molecule has 27 heavy (non-hydrogen) atoms. The van der Waals surface area contributed by atoms with Crippen LogP contribution < -0.4 is 4.31 Å². The fraction of sp³-hybridized carbons (Fsp3) is 0.200. The Morgan fingerprint density at radius 3 is 2.48 bits per heavy atom. The number of aliphatic hydroxyl groups is 1. The highest BCUT2D eigenvalue weighted by atomic mass is 35.5. The molecule has 0 fully saturated rings. The SMILES string of the molecule is O=S1(=O)c2cccc3cccc(c23)N1C[C@@H](O)COCc1ccc(Cl)cc1. The highest BCUT2D eigenvalue weighted by Gasteiger charge is 2.36. The van der Waals surface area contributed by atoms with Gasteiger partial charge >= 0.3 is 0 Å². The van der Waals surface area contributed by atoms with Crippen molar-refractivity contribution in [3.05, 3.63) is 71.2 Å². The molecule has 0 spiro atoms. The Hall–Kier alpha value is -2.12. The molecule has 1 heterocycles. The van der Waals surface area contributed by atoms with Crippen molar-refractivity contribution in [3.8, 4) is 0 Å². The molecule has 0 aliphatic carbocycles. The molecule has 3 aromatic rings. The molecule has 0 unspecified atom stereocenters. The Morgan fingerprint density at radius 1 is 1.04 bits per heavy atom. The molecule has 0 aromatic heterocycles. The van der Waals surface area contributed by atoms with E-state index in [1.807, 2.05) is 30.3 Å². The van der Waals surface area contributed by atoms with Crippen LogP contribution in [-0.4, -0.2) is 32.8 Å². The molecule has 1 aliphatic rings. The first-order chi connectivity index (χ1) is 13.0. The Bertz CT molecular complexity index is 1080. The number of hydrogen-bond acceptors (Lipinski definition) is 4. The first kappa shape index (κ1) is 18.3. The second-order valence-electron chi connectivity index (χ2n) is 6.46. The standard InChI is InChI=1S/C20H18ClNO4S/c21-16-9-7-14(8-10-16)12-26-13-17(23)11-22-18-5-1-3-15-4-2-6-19(20(15)18)27(22,24)25/h1-10,17,23H,11-13H2/t17-/m1/s1. The quantitative estimate of drug-likeness (QED) is 0.683. The van der Waals surface area contributed by atoms with E-state index in [0.29, 0.717) is 22.7 Å². The van der Waals surface area contributed by atoms with Gasteiger partial charge < -0.3 is 9.84 Å². The van der Waals surface area contributed by atoms with Gasteiger partial charge in [-0.2, -0.15) is 0 Å². The average molecular weight is 404 g/mol. The first-order valence-corrected chi connectivity index (χ1v) is 10.3. The lowest BCUT2D eigenvalue weighted by atomic mass is 10.1. The lowest BCUT2D eigenvalue weighted by molar-refractivity contribution is 0.0334. The second-order valence-corrected chi connectivity index (χ2v) is 8.73. The van der Waals surface area contributed by atoms with E-state index in [2.05, 4.69) is 0 Å². The number of benzene rings is 3. The summed E-state index contributed by atoms with van der Waals surface area (Å²) >= 11 is 5.85. The number of nitrogens with zero attached hydrogens (tertiary/aromatic N) is 1. The van der Waals surface area contributed by atoms with Crippen LogP contribution in [0.4, 0.5) is 5.69 Å². The molecule has 0 saturated heterocycles. The van der Waals surface area contributed by atoms with Gasteiger partial charge in [0.1, 0.15) is 0 Å². The van der Waals surface area contributed by atoms with Crippen molar-refractivity contribution < 1.29 is 18.3 Å². The van der Waals surface area contributed by atoms with Crippen molar-refractivity contribution in [1.29, 1.82) is 0 Å². The summed E-state index contributed by atoms with van der Waals surface area (Å²) in [5, 5.41) is 12.6. The maximum absolute atomic E-state index is 12.9. The van der Waals surface area contributed by atoms with Crippen LogP contribution in [0.1, 0.15) is 5.56 Å². The van der Waals surface area contributed by atoms with Crippen LogP contribution in [0, 0.1) is 0 Å². The smallest absolute Gasteiger partial charge is 0.265 e. The first-order valence-electron chi connectivity index (χ1n) is 8.51. The Morgan fingerprint density at radius 2 is 1.74 bits per heavy atom. The number of sulfonamides is 1. The van der Waals surface area contributed by atoms with Crippen molar-refractivity contribution in [2.45, 2.75) is 17.6 Å². The molecule has 0 radical (unpaired) electrons. The second kappa shape index (κ2) is 7.13. The lowest BCUT2D eigenvalue weighted by Crippen LogP contribution is -2.37. The topological polar surface area (TPSA) is 66.8 Å². The number of halogens is 1. The number of β-amino-alcohol motifs (C(OH)–C–C–N with tert-alkyl or cyclic N) is 1. The predicted molar refractivity (Wildman–Crippen MR) is 106 cm³/mol. The van der Waals surface area contributed by atoms with Crippen LogP contribution >= 0.6 is 11.6 Å². The minimum Gasteiger partial charge on any atom is -0.389 e. The number of rotatable bonds is 6. The third-order valence-electron chi connectivity index (χ3n) is 4.55. The van der Waals surface area contributed by atoms with Crippen molar-refractivity contribution in [2.24, 2.45) is 0 Å². The van der Waals surface area contributed by atoms with E-state index < -0.39 is 16.1 Å². The predicted octanol–water partition coefficient (Wildman–Crippen LogP) is 3.58. The molecule has 1 atom stereocenters. The van der Waals surface area contributed by atoms with Crippen LogP contribution in [0.3, 0.4) is 0 Å². The molecule has 4 rings (SSSR count). The Kier molecular flexibility index (Phi) is 4.82. The summed E-state index contributed by atoms with van der Waals surface area (Å²) < 4.78 is 32.6. The van der Waals surface area contributed by atoms with Crippen LogP contribution in [0.25, 0.3) is 10.8 Å². The van der Waals surface area contributed by atoms with Gasteiger partial charge in [-0.25, -0.2) is 8.42 Å². The van der Waals surface area contributed by atoms with E-state index in [9.17, 15) is 13.5 Å². The van der Waals surface area contributed by atoms with Crippen molar-refractivity contribution >= 4 is 38.1 Å². The van der Waals surface area contributed by atoms with Gasteiger partial charge in [0.2, 0.25) is 0 Å². The van der Waals surface area contributed by atoms with Crippen LogP contribution in [-0.2, 0) is 21.4 Å². The lowest BCUT2D eigenvalue weighted by Gasteiger charge is -2.22. The normalized spacial score (nSPS) is 16.0. The van der Waals surface area contributed by atoms with Gasteiger partial charge in [0.25, 0.3) is 10.0 Å². The summed E-state index contributed by atoms with van der Waals surface area (Å²) in [5.74, 6) is 0. The van der Waals surface area contributed by atoms with Crippen LogP contribution in [0.15, 0.2) is 65.6 Å². The number of ether oxygens (including phenoxy) is 1. The van der Waals surface area contributed by atoms with Crippen LogP contribution in [0.2, 0.25) is 5.02 Å². The molecule has 3 aromatic carbocycles. The summed E-state index contributed by atoms with van der Waals surface area (Å²) in [5.41, 5.74) is 1.53. The zero-order chi connectivity index (χ0) is 19.0. The zero-order valence-corrected chi connectivity index (χ0v) is 15.9. The Labute approximate surface area is 162 Å². The number of aliphatic hydroxyl groups excluding tert-OH is 1. The van der Waals surface area contributed by atoms with E-state index >= 15 is 0 Å². The fourth-order valence-corrected chi connectivity index (χ4v) is 5.17. The molecule has 7 heteroatoms. The maximum atomic E-state index is 12.9. The molecule has 0 bridgehead atoms. The van der Waals surface area contributed by atoms with Gasteiger partial charge in [-0.1, -0.05) is 48.0 Å². The summed E-state index contributed by atoms with van der Waals surface area (Å²) in [7, 11) is -3.67. The van der Waals surface area contributed by atoms with Crippen molar-refractivity contribution in [1.82, 2.24) is 0 Å². The van der Waals surface area contributed by atoms with Gasteiger partial charge in [0, 0.05) is 10.4 Å². The molecule has 1 aliphatic heterocycles. The fourth-order valence-electron chi connectivity index (χ4n) is 3.29. The minimum absolute atomic E-state index is 0.0287. The van der Waals surface area contributed by atoms with E-state index in [1.54, 1.807) is 30.3 Å². The summed E-state index contributed by atoms with van der Waals surface area (Å²) in [6.07, 6.45) is -0.948.